The number of halogens is 1. The topological polar surface area (TPSA) is 145 Å². The van der Waals surface area contributed by atoms with Crippen LogP contribution in [0.15, 0.2) is 47.3 Å². The number of ether oxygens (including phenoxy) is 1. The summed E-state index contributed by atoms with van der Waals surface area (Å²) >= 11 is 0. The number of H-pyrrole nitrogens is 1. The quantitative estimate of drug-likeness (QED) is 0.328. The molecular weight excluding hydrogens is 702 g/mol. The lowest BCUT2D eigenvalue weighted by Crippen LogP contribution is -2.53. The molecule has 2 aromatic carbocycles. The molecule has 3 amide bonds. The molecule has 1 aliphatic carbocycles. The van der Waals surface area contributed by atoms with Crippen molar-refractivity contribution in [3.8, 4) is 0 Å². The second kappa shape index (κ2) is 19.1. The Kier molecular flexibility index (Phi) is 14.1. The number of benzene rings is 2. The van der Waals surface area contributed by atoms with Crippen LogP contribution in [-0.2, 0) is 20.7 Å². The Hall–Kier alpha value is -4.20. The molecular formula is C42H58FN7O5. The van der Waals surface area contributed by atoms with Gasteiger partial charge in [0.05, 0.1) is 41.4 Å². The molecule has 3 N–H and O–H groups in total. The van der Waals surface area contributed by atoms with Crippen LogP contribution in [0.5, 0.6) is 0 Å². The number of rotatable bonds is 9. The number of carbonyl (C=O) groups excluding carboxylic acids is 3. The van der Waals surface area contributed by atoms with Crippen molar-refractivity contribution in [3.63, 3.8) is 0 Å². The lowest BCUT2D eigenvalue weighted by atomic mass is 9.83. The number of aromatic amines is 1. The van der Waals surface area contributed by atoms with E-state index in [1.54, 1.807) is 34.1 Å². The third kappa shape index (κ3) is 9.98. The number of likely N-dealkylation sites (tertiary alicyclic amines) is 2. The lowest BCUT2D eigenvalue weighted by Gasteiger charge is -2.39. The van der Waals surface area contributed by atoms with Crippen molar-refractivity contribution in [2.45, 2.75) is 96.3 Å². The smallest absolute Gasteiger partial charge is 0.272 e. The summed E-state index contributed by atoms with van der Waals surface area (Å²) in [4.78, 5) is 59.5. The summed E-state index contributed by atoms with van der Waals surface area (Å²) in [6.07, 6.45) is 9.73. The zero-order chi connectivity index (χ0) is 38.9. The van der Waals surface area contributed by atoms with Crippen molar-refractivity contribution >= 4 is 28.5 Å². The van der Waals surface area contributed by atoms with E-state index in [0.717, 1.165) is 51.6 Å². The Labute approximate surface area is 323 Å². The number of fused-ring (bicyclic) bond motifs is 1. The van der Waals surface area contributed by atoms with Crippen LogP contribution in [-0.4, -0.2) is 125 Å². The number of hydrogen-bond donors (Lipinski definition) is 2. The minimum absolute atomic E-state index is 0.0148. The first-order chi connectivity index (χ1) is 26.7. The maximum atomic E-state index is 15.0. The number of nitrogens with zero attached hydrogens (tertiary/aromatic N) is 5. The van der Waals surface area contributed by atoms with Crippen LogP contribution < -0.4 is 11.3 Å². The largest absolute Gasteiger partial charge is 0.375 e. The molecule has 0 radical (unpaired) electrons. The normalized spacial score (nSPS) is 19.9. The molecule has 1 unspecified atom stereocenters. The highest BCUT2D eigenvalue weighted by atomic mass is 19.1. The van der Waals surface area contributed by atoms with Crippen LogP contribution in [0.3, 0.4) is 0 Å². The average molecular weight is 760 g/mol. The predicted octanol–water partition coefficient (Wildman–Crippen LogP) is 4.34. The molecule has 1 saturated carbocycles. The fourth-order valence-corrected chi connectivity index (χ4v) is 8.56. The summed E-state index contributed by atoms with van der Waals surface area (Å²) in [7, 11) is 0. The van der Waals surface area contributed by atoms with Gasteiger partial charge in [-0.3, -0.25) is 24.1 Å². The van der Waals surface area contributed by atoms with Crippen molar-refractivity contribution in [2.75, 3.05) is 58.9 Å². The number of piperidine rings is 2. The van der Waals surface area contributed by atoms with E-state index in [1.165, 1.54) is 25.3 Å². The Balaban J connectivity index is 0.00000253. The summed E-state index contributed by atoms with van der Waals surface area (Å²) in [5.41, 5.74) is 7.44. The molecule has 3 aromatic rings. The Morgan fingerprint density at radius 3 is 2.11 bits per heavy atom. The zero-order valence-electron chi connectivity index (χ0n) is 32.5. The molecule has 55 heavy (non-hydrogen) atoms. The summed E-state index contributed by atoms with van der Waals surface area (Å²) in [6, 6.07) is 11.3. The van der Waals surface area contributed by atoms with E-state index >= 15 is 0 Å². The van der Waals surface area contributed by atoms with E-state index in [1.807, 2.05) is 30.9 Å². The van der Waals surface area contributed by atoms with Gasteiger partial charge in [-0.25, -0.2) is 9.49 Å². The first-order valence-corrected chi connectivity index (χ1v) is 20.5. The molecule has 0 bridgehead atoms. The van der Waals surface area contributed by atoms with Crippen molar-refractivity contribution < 1.29 is 23.5 Å². The van der Waals surface area contributed by atoms with E-state index in [4.69, 9.17) is 10.5 Å². The van der Waals surface area contributed by atoms with Crippen molar-refractivity contribution in [1.29, 1.82) is 0 Å². The summed E-state index contributed by atoms with van der Waals surface area (Å²) < 4.78 is 21.4. The molecule has 298 valence electrons. The van der Waals surface area contributed by atoms with E-state index in [2.05, 4.69) is 15.1 Å². The first-order valence-electron chi connectivity index (χ1n) is 20.5. The molecule has 3 aliphatic heterocycles. The standard InChI is InChI=1S/C40H52FN7O5.C2H6/c41-34-11-10-27(25-35-31-8-4-5-9-32(31)38(50)44-43-35)24-33(34)39(51)48-22-20-46(21-23-48)36(49)26-45-16-12-29(13-17-45)53-30-14-18-47(19-15-30)40(52)37(42)28-6-2-1-3-7-28;1-2/h4-5,8-11,24,28-30,37H,1-3,6-7,12-23,25-26,42H2,(H,44,50);1-2H3. The predicted molar refractivity (Wildman–Crippen MR) is 210 cm³/mol. The van der Waals surface area contributed by atoms with E-state index < -0.39 is 11.7 Å². The summed E-state index contributed by atoms with van der Waals surface area (Å²) in [5, 5.41) is 7.98. The number of nitrogens with two attached hydrogens (primary N) is 1. The van der Waals surface area contributed by atoms with Gasteiger partial charge in [-0.1, -0.05) is 57.4 Å². The molecule has 13 heteroatoms. The van der Waals surface area contributed by atoms with Crippen LogP contribution in [0.25, 0.3) is 10.8 Å². The molecule has 1 atom stereocenters. The van der Waals surface area contributed by atoms with Gasteiger partial charge in [0, 0.05) is 64.2 Å². The van der Waals surface area contributed by atoms with Gasteiger partial charge >= 0.3 is 0 Å². The second-order valence-electron chi connectivity index (χ2n) is 15.3. The Morgan fingerprint density at radius 1 is 0.818 bits per heavy atom. The van der Waals surface area contributed by atoms with Crippen LogP contribution in [0, 0.1) is 11.7 Å². The summed E-state index contributed by atoms with van der Waals surface area (Å²) in [6.45, 7) is 8.73. The van der Waals surface area contributed by atoms with Crippen LogP contribution in [0.2, 0.25) is 0 Å². The Morgan fingerprint density at radius 2 is 1.44 bits per heavy atom. The first kappa shape index (κ1) is 40.5. The van der Waals surface area contributed by atoms with E-state index in [9.17, 15) is 23.6 Å². The fourth-order valence-electron chi connectivity index (χ4n) is 8.56. The third-order valence-electron chi connectivity index (χ3n) is 11.8. The van der Waals surface area contributed by atoms with E-state index in [0.29, 0.717) is 80.2 Å². The third-order valence-corrected chi connectivity index (χ3v) is 11.8. The molecule has 0 spiro atoms. The lowest BCUT2D eigenvalue weighted by molar-refractivity contribution is -0.139. The maximum absolute atomic E-state index is 15.0. The van der Waals surface area contributed by atoms with Crippen molar-refractivity contribution in [3.05, 3.63) is 75.5 Å². The van der Waals surface area contributed by atoms with Gasteiger partial charge in [0.25, 0.3) is 11.5 Å². The van der Waals surface area contributed by atoms with Gasteiger partial charge in [-0.15, -0.1) is 0 Å². The fraction of sp³-hybridized carbons (Fsp3) is 0.595. The highest BCUT2D eigenvalue weighted by Gasteiger charge is 2.34. The minimum Gasteiger partial charge on any atom is -0.375 e. The molecule has 4 aliphatic rings. The Bertz CT molecular complexity index is 1820. The molecule has 1 aromatic heterocycles. The number of amides is 3. The zero-order valence-corrected chi connectivity index (χ0v) is 32.5. The van der Waals surface area contributed by atoms with Gasteiger partial charge in [0.1, 0.15) is 5.82 Å². The number of nitrogens with one attached hydrogen (secondary N) is 1. The van der Waals surface area contributed by atoms with Gasteiger partial charge in [0.15, 0.2) is 0 Å². The monoisotopic (exact) mass is 759 g/mol. The number of piperazine rings is 1. The van der Waals surface area contributed by atoms with Gasteiger partial charge < -0.3 is 25.2 Å². The van der Waals surface area contributed by atoms with Crippen LogP contribution in [0.1, 0.15) is 93.3 Å². The molecule has 12 nitrogen and oxygen atoms in total. The number of carbonyl (C=O) groups is 3. The average Bonchev–Trinajstić information content (AvgIpc) is 3.24. The number of aromatic nitrogens is 2. The maximum Gasteiger partial charge on any atom is 0.272 e. The molecule has 7 rings (SSSR count). The minimum atomic E-state index is -0.598. The molecule has 4 heterocycles. The number of hydrogen-bond acceptors (Lipinski definition) is 8. The van der Waals surface area contributed by atoms with E-state index in [-0.39, 0.29) is 41.2 Å². The van der Waals surface area contributed by atoms with Crippen LogP contribution in [0.4, 0.5) is 4.39 Å². The molecule has 3 saturated heterocycles. The highest BCUT2D eigenvalue weighted by molar-refractivity contribution is 5.95. The second-order valence-corrected chi connectivity index (χ2v) is 15.3. The SMILES string of the molecule is CC.NC(C(=O)N1CCC(OC2CCN(CC(=O)N3CCN(C(=O)c4cc(Cc5n[nH]c(=O)c6ccccc56)ccc4F)CC3)CC2)CC1)C1CCCCC1. The molecule has 4 fully saturated rings. The summed E-state index contributed by atoms with van der Waals surface area (Å²) in [5.74, 6) is -0.545. The van der Waals surface area contributed by atoms with Gasteiger partial charge in [0.2, 0.25) is 11.8 Å². The van der Waals surface area contributed by atoms with Gasteiger partial charge in [-0.2, -0.15) is 5.10 Å². The van der Waals surface area contributed by atoms with Crippen molar-refractivity contribution in [2.24, 2.45) is 11.7 Å². The van der Waals surface area contributed by atoms with Crippen molar-refractivity contribution in [1.82, 2.24) is 29.8 Å². The van der Waals surface area contributed by atoms with Crippen LogP contribution >= 0.6 is 0 Å². The van der Waals surface area contributed by atoms with Gasteiger partial charge in [-0.05, 0) is 68.2 Å². The highest BCUT2D eigenvalue weighted by Crippen LogP contribution is 2.28.